The van der Waals surface area contributed by atoms with Crippen LogP contribution in [0.15, 0.2) is 48.6 Å². The highest BCUT2D eigenvalue weighted by atomic mass is 35.5. The molecule has 1 saturated carbocycles. The molecule has 0 spiro atoms. The van der Waals surface area contributed by atoms with Gasteiger partial charge in [0.1, 0.15) is 30.5 Å². The molecule has 6 N–H and O–H groups in total. The van der Waals surface area contributed by atoms with Gasteiger partial charge in [-0.3, -0.25) is 9.59 Å². The maximum absolute atomic E-state index is 13.4. The molecular formula is C31H39ClO10S. The summed E-state index contributed by atoms with van der Waals surface area (Å²) in [7, 11) is 0. The molecule has 10 nitrogen and oxygen atoms in total. The summed E-state index contributed by atoms with van der Waals surface area (Å²) >= 11 is 8.14. The van der Waals surface area contributed by atoms with Gasteiger partial charge in [0.15, 0.2) is 12.1 Å². The number of hydrogen-bond acceptors (Lipinski definition) is 10. The molecule has 4 rings (SSSR count). The number of carboxylic acid groups (broad SMARTS) is 1. The number of halogens is 1. The number of ketones is 1. The molecule has 2 aromatic rings. The molecule has 1 aromatic carbocycles. The Morgan fingerprint density at radius 1 is 1.16 bits per heavy atom. The van der Waals surface area contributed by atoms with Gasteiger partial charge in [0.25, 0.3) is 0 Å². The molecule has 2 heterocycles. The Hall–Kier alpha value is -2.19. The van der Waals surface area contributed by atoms with Crippen molar-refractivity contribution in [2.75, 3.05) is 6.61 Å². The fraction of sp³-hybridized carbons (Fsp3) is 0.548. The fourth-order valence-corrected chi connectivity index (χ4v) is 7.09. The number of rotatable bonds is 14. The van der Waals surface area contributed by atoms with Gasteiger partial charge in [-0.2, -0.15) is 0 Å². The summed E-state index contributed by atoms with van der Waals surface area (Å²) in [6.45, 7) is -0.616. The summed E-state index contributed by atoms with van der Waals surface area (Å²) in [5.74, 6) is -1.93. The summed E-state index contributed by atoms with van der Waals surface area (Å²) in [6.07, 6.45) is 0.667. The third kappa shape index (κ3) is 8.50. The Morgan fingerprint density at radius 3 is 2.65 bits per heavy atom. The largest absolute Gasteiger partial charge is 0.481 e. The summed E-state index contributed by atoms with van der Waals surface area (Å²) in [5.41, 5.74) is 0. The second kappa shape index (κ2) is 15.7. The number of allylic oxidation sites excluding steroid dienone is 3. The first-order valence-corrected chi connectivity index (χ1v) is 15.7. The fourth-order valence-electron chi connectivity index (χ4n) is 5.55. The second-order valence-electron chi connectivity index (χ2n) is 11.0. The molecule has 1 saturated heterocycles. The summed E-state index contributed by atoms with van der Waals surface area (Å²) in [4.78, 5) is 25.2. The van der Waals surface area contributed by atoms with Gasteiger partial charge >= 0.3 is 5.97 Å². The van der Waals surface area contributed by atoms with Gasteiger partial charge in [0, 0.05) is 27.3 Å². The van der Waals surface area contributed by atoms with Crippen LogP contribution in [0.25, 0.3) is 10.1 Å². The molecule has 2 fully saturated rings. The van der Waals surface area contributed by atoms with Gasteiger partial charge in [-0.05, 0) is 50.5 Å². The third-order valence-electron chi connectivity index (χ3n) is 8.00. The number of aryl methyl sites for hydroxylation is 1. The van der Waals surface area contributed by atoms with Crippen LogP contribution in [0.1, 0.15) is 43.4 Å². The molecule has 43 heavy (non-hydrogen) atoms. The van der Waals surface area contributed by atoms with E-state index in [1.165, 1.54) is 0 Å². The highest BCUT2D eigenvalue weighted by Gasteiger charge is 2.48. The van der Waals surface area contributed by atoms with Crippen molar-refractivity contribution < 1.29 is 49.7 Å². The van der Waals surface area contributed by atoms with Crippen LogP contribution in [0.2, 0.25) is 5.02 Å². The minimum Gasteiger partial charge on any atom is -0.481 e. The van der Waals surface area contributed by atoms with Gasteiger partial charge in [-0.1, -0.05) is 54.1 Å². The van der Waals surface area contributed by atoms with Crippen LogP contribution < -0.4 is 0 Å². The van der Waals surface area contributed by atoms with Crippen LogP contribution in [0.4, 0.5) is 0 Å². The van der Waals surface area contributed by atoms with E-state index in [0.717, 1.165) is 15.0 Å². The van der Waals surface area contributed by atoms with E-state index < -0.39 is 61.4 Å². The van der Waals surface area contributed by atoms with Crippen molar-refractivity contribution in [1.29, 1.82) is 0 Å². The second-order valence-corrected chi connectivity index (χ2v) is 12.6. The van der Waals surface area contributed by atoms with E-state index in [9.17, 15) is 35.1 Å². The Bertz CT molecular complexity index is 1290. The van der Waals surface area contributed by atoms with E-state index in [1.807, 2.05) is 36.4 Å². The number of aliphatic carboxylic acids is 1. The number of fused-ring (bicyclic) bond motifs is 1. The molecule has 1 aromatic heterocycles. The number of carboxylic acids is 1. The van der Waals surface area contributed by atoms with E-state index in [1.54, 1.807) is 23.5 Å². The van der Waals surface area contributed by atoms with Crippen LogP contribution in [0, 0.1) is 11.8 Å². The monoisotopic (exact) mass is 638 g/mol. The van der Waals surface area contributed by atoms with Crippen molar-refractivity contribution in [3.05, 3.63) is 58.5 Å². The molecule has 0 amide bonds. The molecular weight excluding hydrogens is 600 g/mol. The summed E-state index contributed by atoms with van der Waals surface area (Å²) in [5, 5.41) is 61.3. The van der Waals surface area contributed by atoms with Crippen molar-refractivity contribution >= 4 is 44.8 Å². The number of benzene rings is 1. The number of ether oxygens (including phenoxy) is 2. The Morgan fingerprint density at radius 2 is 1.93 bits per heavy atom. The van der Waals surface area contributed by atoms with E-state index in [2.05, 4.69) is 0 Å². The smallest absolute Gasteiger partial charge is 0.303 e. The van der Waals surface area contributed by atoms with Crippen LogP contribution in [-0.4, -0.2) is 91.9 Å². The van der Waals surface area contributed by atoms with Crippen molar-refractivity contribution in [3.8, 4) is 0 Å². The SMILES string of the molecule is O=C(O)CCC/C=C\C[C@H]1C(=O)C(OC2O[C@H](CO)[C@@H](O)[C@H](O)[C@H]2O)C[C@@H]1/C=C/C(O)CCc1sc2ccccc2c1Cl. The predicted octanol–water partition coefficient (Wildman–Crippen LogP) is 3.00. The quantitative estimate of drug-likeness (QED) is 0.133. The number of thiophene rings is 1. The average Bonchev–Trinajstić information content (AvgIpc) is 3.47. The van der Waals surface area contributed by atoms with E-state index in [4.69, 9.17) is 26.2 Å². The zero-order chi connectivity index (χ0) is 31.1. The van der Waals surface area contributed by atoms with Gasteiger partial charge in [0.2, 0.25) is 0 Å². The number of Topliss-reactive ketones (excluding diaryl/α,β-unsaturated/α-hetero) is 1. The lowest BCUT2D eigenvalue weighted by molar-refractivity contribution is -0.308. The van der Waals surface area contributed by atoms with Crippen molar-refractivity contribution in [3.63, 3.8) is 0 Å². The number of unbranched alkanes of at least 4 members (excludes halogenated alkanes) is 1. The van der Waals surface area contributed by atoms with Crippen molar-refractivity contribution in [2.24, 2.45) is 11.8 Å². The molecule has 0 radical (unpaired) electrons. The van der Waals surface area contributed by atoms with E-state index in [-0.39, 0.29) is 24.5 Å². The molecule has 3 unspecified atom stereocenters. The lowest BCUT2D eigenvalue weighted by Crippen LogP contribution is -2.59. The number of carbonyl (C=O) groups is 2. The van der Waals surface area contributed by atoms with Crippen LogP contribution in [0.3, 0.4) is 0 Å². The normalized spacial score (nSPS) is 30.6. The van der Waals surface area contributed by atoms with E-state index >= 15 is 0 Å². The van der Waals surface area contributed by atoms with E-state index in [0.29, 0.717) is 37.1 Å². The number of carbonyl (C=O) groups excluding carboxylic acids is 1. The number of aliphatic hydroxyl groups is 5. The first-order chi connectivity index (χ1) is 20.6. The van der Waals surface area contributed by atoms with Gasteiger partial charge in [-0.25, -0.2) is 0 Å². The minimum atomic E-state index is -1.63. The maximum Gasteiger partial charge on any atom is 0.303 e. The Kier molecular flexibility index (Phi) is 12.3. The Labute approximate surface area is 258 Å². The van der Waals surface area contributed by atoms with Gasteiger partial charge < -0.3 is 40.1 Å². The van der Waals surface area contributed by atoms with Gasteiger partial charge in [-0.15, -0.1) is 11.3 Å². The zero-order valence-electron chi connectivity index (χ0n) is 23.6. The molecule has 2 aliphatic rings. The van der Waals surface area contributed by atoms with Crippen LogP contribution in [-0.2, 0) is 25.5 Å². The highest BCUT2D eigenvalue weighted by molar-refractivity contribution is 7.19. The molecule has 1 aliphatic carbocycles. The highest BCUT2D eigenvalue weighted by Crippen LogP contribution is 2.38. The maximum atomic E-state index is 13.4. The van der Waals surface area contributed by atoms with Crippen LogP contribution >= 0.6 is 22.9 Å². The summed E-state index contributed by atoms with van der Waals surface area (Å²) in [6, 6.07) is 7.86. The zero-order valence-corrected chi connectivity index (χ0v) is 25.1. The third-order valence-corrected chi connectivity index (χ3v) is 9.77. The standard InChI is InChI=1S/C31H39ClO10S/c32-26-20-8-5-6-9-23(20)43-24(26)14-13-18(34)12-11-17-15-21(27(37)19(17)7-3-1-2-4-10-25(35)36)41-31-30(40)29(39)28(38)22(16-33)42-31/h1,3,5-6,8-9,11-12,17-19,21-22,28-31,33-34,38-40H,2,4,7,10,13-16H2,(H,35,36)/b3-1-,12-11+/t17-,18?,19+,21?,22+,28+,29-,30+,31?/m0/s1. The molecule has 12 heteroatoms. The minimum absolute atomic E-state index is 0.0532. The van der Waals surface area contributed by atoms with Crippen molar-refractivity contribution in [1.82, 2.24) is 0 Å². The first-order valence-electron chi connectivity index (χ1n) is 14.5. The predicted molar refractivity (Wildman–Crippen MR) is 161 cm³/mol. The first kappa shape index (κ1) is 33.7. The van der Waals surface area contributed by atoms with Gasteiger partial charge in [0.05, 0.1) is 17.7 Å². The van der Waals surface area contributed by atoms with Crippen molar-refractivity contribution in [2.45, 2.75) is 87.9 Å². The lowest BCUT2D eigenvalue weighted by Gasteiger charge is -2.40. The summed E-state index contributed by atoms with van der Waals surface area (Å²) < 4.78 is 12.3. The molecule has 1 aliphatic heterocycles. The van der Waals surface area contributed by atoms with Crippen LogP contribution in [0.5, 0.6) is 0 Å². The number of hydrogen-bond donors (Lipinski definition) is 6. The Balaban J connectivity index is 1.41. The lowest BCUT2D eigenvalue weighted by atomic mass is 9.91. The molecule has 236 valence electrons. The molecule has 0 bridgehead atoms. The topological polar surface area (TPSA) is 174 Å². The number of aliphatic hydroxyl groups excluding tert-OH is 5. The average molecular weight is 639 g/mol. The molecule has 9 atom stereocenters.